The van der Waals surface area contributed by atoms with E-state index in [0.29, 0.717) is 6.42 Å². The van der Waals surface area contributed by atoms with Crippen LogP contribution in [0.1, 0.15) is 7.85 Å². The summed E-state index contributed by atoms with van der Waals surface area (Å²) in [5.41, 5.74) is 4.33. The molecular weight excluding hydrogens is 202 g/mol. The minimum Gasteiger partial charge on any atom is -1.00 e. The molecule has 0 atom stereocenters. The Labute approximate surface area is 67.8 Å². The van der Waals surface area contributed by atoms with Crippen LogP contribution in [-0.2, 0) is 4.79 Å². The minimum atomic E-state index is -0.663. The van der Waals surface area contributed by atoms with Gasteiger partial charge >= 0.3 is 55.0 Å². The summed E-state index contributed by atoms with van der Waals surface area (Å²) in [4.78, 5) is 9.93. The quantitative estimate of drug-likeness (QED) is 0.571. The molecule has 1 N–H and O–H groups in total. The van der Waals surface area contributed by atoms with Crippen LogP contribution >= 0.6 is 0 Å². The van der Waals surface area contributed by atoms with Gasteiger partial charge in [-0.1, -0.05) is 0 Å². The average molecular weight is 215 g/mol. The van der Waals surface area contributed by atoms with E-state index >= 15 is 0 Å². The standard InChI is InChI=1S/C5H11AsO2.ClH/c1-6(2)4-3-5(7)8;/h3-4H2,1-2H3,(H,7,8);1H. The molecule has 0 amide bonds. The van der Waals surface area contributed by atoms with Gasteiger partial charge in [0.15, 0.2) is 0 Å². The first-order valence-corrected chi connectivity index (χ1v) is 7.57. The van der Waals surface area contributed by atoms with Gasteiger partial charge in [-0.2, -0.15) is 0 Å². The number of carboxylic acid groups (broad SMARTS) is 1. The van der Waals surface area contributed by atoms with Gasteiger partial charge in [0.2, 0.25) is 0 Å². The molecule has 2 nitrogen and oxygen atoms in total. The van der Waals surface area contributed by atoms with Crippen molar-refractivity contribution in [2.45, 2.75) is 23.1 Å². The second-order valence-corrected chi connectivity index (χ2v) is 7.42. The molecule has 0 aliphatic rings. The Morgan fingerprint density at radius 1 is 1.67 bits per heavy atom. The molecular formula is C5H12AsClO2. The summed E-state index contributed by atoms with van der Waals surface area (Å²) in [6.07, 6.45) is 0.368. The number of carboxylic acids is 1. The normalized spacial score (nSPS) is 8.78. The molecule has 0 heterocycles. The van der Waals surface area contributed by atoms with Crippen LogP contribution in [-0.4, -0.2) is 25.7 Å². The van der Waals surface area contributed by atoms with Crippen LogP contribution in [0.3, 0.4) is 0 Å². The molecule has 0 aliphatic heterocycles. The molecule has 0 fully saturated rings. The molecule has 0 rings (SSSR count). The van der Waals surface area contributed by atoms with Crippen LogP contribution in [0.5, 0.6) is 0 Å². The van der Waals surface area contributed by atoms with Crippen LogP contribution in [0.15, 0.2) is 0 Å². The van der Waals surface area contributed by atoms with Crippen molar-refractivity contribution in [3.8, 4) is 0 Å². The van der Waals surface area contributed by atoms with Crippen molar-refractivity contribution in [1.82, 2.24) is 0 Å². The smallest absolute Gasteiger partial charge is 1.00 e. The van der Waals surface area contributed by atoms with Gasteiger partial charge in [-0.3, -0.25) is 0 Å². The first kappa shape index (κ1) is 12.0. The summed E-state index contributed by atoms with van der Waals surface area (Å²) in [7, 11) is 0. The van der Waals surface area contributed by atoms with E-state index in [2.05, 4.69) is 11.4 Å². The molecule has 56 valence electrons. The van der Waals surface area contributed by atoms with E-state index in [0.717, 1.165) is 5.21 Å². The second kappa shape index (κ2) is 6.44. The van der Waals surface area contributed by atoms with Crippen molar-refractivity contribution in [2.75, 3.05) is 0 Å². The Bertz CT molecular complexity index is 89.7. The fourth-order valence-corrected chi connectivity index (χ4v) is 1.66. The molecule has 0 aromatic carbocycles. The number of rotatable bonds is 3. The van der Waals surface area contributed by atoms with E-state index in [1.54, 1.807) is 0 Å². The average Bonchev–Trinajstić information content (AvgIpc) is 1.61. The summed E-state index contributed by atoms with van der Waals surface area (Å²) < 4.78 is 0. The SMILES string of the molecule is C[As](C)CCC(=O)O.[Cl-].[H+]. The third-order valence-corrected chi connectivity index (χ3v) is 3.12. The van der Waals surface area contributed by atoms with Gasteiger partial charge in [-0.15, -0.1) is 0 Å². The van der Waals surface area contributed by atoms with Crippen LogP contribution in [0, 0.1) is 0 Å². The molecule has 0 aromatic rings. The molecule has 4 heteroatoms. The van der Waals surface area contributed by atoms with Crippen molar-refractivity contribution in [2.24, 2.45) is 0 Å². The number of aliphatic carboxylic acids is 1. The zero-order chi connectivity index (χ0) is 6.57. The number of hydrogen-bond donors (Lipinski definition) is 1. The molecule has 9 heavy (non-hydrogen) atoms. The fraction of sp³-hybridized carbons (Fsp3) is 0.800. The van der Waals surface area contributed by atoms with Gasteiger partial charge in [0.1, 0.15) is 0 Å². The summed E-state index contributed by atoms with van der Waals surface area (Å²) in [5, 5.41) is 9.12. The predicted molar refractivity (Wildman–Crippen MR) is 35.7 cm³/mol. The van der Waals surface area contributed by atoms with Gasteiger partial charge in [0, 0.05) is 0 Å². The minimum absolute atomic E-state index is 0. The van der Waals surface area contributed by atoms with Crippen molar-refractivity contribution in [1.29, 1.82) is 0 Å². The van der Waals surface area contributed by atoms with E-state index in [9.17, 15) is 4.79 Å². The fourth-order valence-electron chi connectivity index (χ4n) is 0.319. The van der Waals surface area contributed by atoms with Crippen molar-refractivity contribution >= 4 is 20.6 Å². The van der Waals surface area contributed by atoms with Gasteiger partial charge < -0.3 is 12.4 Å². The maximum absolute atomic E-state index is 9.93. The van der Waals surface area contributed by atoms with E-state index in [4.69, 9.17) is 5.11 Å². The monoisotopic (exact) mass is 214 g/mol. The molecule has 0 aliphatic carbocycles. The van der Waals surface area contributed by atoms with Crippen molar-refractivity contribution in [3.05, 3.63) is 0 Å². The Kier molecular flexibility index (Phi) is 8.61. The molecule has 0 radical (unpaired) electrons. The first-order valence-electron chi connectivity index (χ1n) is 2.49. The molecule has 0 unspecified atom stereocenters. The predicted octanol–water partition coefficient (Wildman–Crippen LogP) is -1.67. The zero-order valence-electron chi connectivity index (χ0n) is 6.59. The first-order chi connectivity index (χ1) is 3.63. The molecule has 0 bridgehead atoms. The third kappa shape index (κ3) is 11.7. The second-order valence-electron chi connectivity index (χ2n) is 1.95. The molecule has 0 saturated heterocycles. The van der Waals surface area contributed by atoms with Crippen LogP contribution in [0.2, 0.25) is 16.6 Å². The van der Waals surface area contributed by atoms with Crippen LogP contribution < -0.4 is 12.4 Å². The number of carbonyl (C=O) groups is 1. The maximum atomic E-state index is 9.93. The number of hydrogen-bond acceptors (Lipinski definition) is 1. The van der Waals surface area contributed by atoms with E-state index in [1.807, 2.05) is 0 Å². The number of halogens is 1. The summed E-state index contributed by atoms with van der Waals surface area (Å²) >= 11 is -0.663. The van der Waals surface area contributed by atoms with E-state index in [-0.39, 0.29) is 13.8 Å². The van der Waals surface area contributed by atoms with Crippen LogP contribution in [0.4, 0.5) is 0 Å². The molecule has 0 saturated carbocycles. The summed E-state index contributed by atoms with van der Waals surface area (Å²) in [6, 6.07) is 0. The largest absolute Gasteiger partial charge is 1.00 e. The van der Waals surface area contributed by atoms with Gasteiger partial charge in [-0.05, 0) is 0 Å². The van der Waals surface area contributed by atoms with Crippen LogP contribution in [0.25, 0.3) is 0 Å². The Morgan fingerprint density at radius 3 is 2.22 bits per heavy atom. The van der Waals surface area contributed by atoms with Crippen molar-refractivity contribution < 1.29 is 23.7 Å². The third-order valence-electron chi connectivity index (χ3n) is 0.773. The molecule has 0 spiro atoms. The van der Waals surface area contributed by atoms with Crippen molar-refractivity contribution in [3.63, 3.8) is 0 Å². The Balaban J connectivity index is -0.000000245. The summed E-state index contributed by atoms with van der Waals surface area (Å²) in [6.45, 7) is 0. The van der Waals surface area contributed by atoms with Gasteiger partial charge in [0.25, 0.3) is 0 Å². The van der Waals surface area contributed by atoms with Gasteiger partial charge in [-0.25, -0.2) is 0 Å². The molecule has 0 aromatic heterocycles. The topological polar surface area (TPSA) is 37.3 Å². The zero-order valence-corrected chi connectivity index (χ0v) is 8.23. The Morgan fingerprint density at radius 2 is 2.11 bits per heavy atom. The van der Waals surface area contributed by atoms with Gasteiger partial charge in [0.05, 0.1) is 0 Å². The maximum Gasteiger partial charge on any atom is 1.00 e. The van der Waals surface area contributed by atoms with E-state index in [1.165, 1.54) is 0 Å². The Hall–Kier alpha value is 0.318. The summed E-state index contributed by atoms with van der Waals surface area (Å²) in [5.74, 6) is -0.659. The van der Waals surface area contributed by atoms with E-state index < -0.39 is 20.6 Å².